The molecule has 1 amide bonds. The van der Waals surface area contributed by atoms with Gasteiger partial charge in [-0.25, -0.2) is 4.39 Å². The first kappa shape index (κ1) is 19.8. The number of benzene rings is 2. The van der Waals surface area contributed by atoms with E-state index in [1.54, 1.807) is 23.7 Å². The number of rotatable bonds is 6. The molecule has 4 aromatic rings. The van der Waals surface area contributed by atoms with Crippen LogP contribution < -0.4 is 5.32 Å². The number of carbonyl (C=O) groups excluding carboxylic acids is 1. The molecule has 10 heteroatoms. The Morgan fingerprint density at radius 3 is 2.70 bits per heavy atom. The first-order valence-corrected chi connectivity index (χ1v) is 9.97. The Balaban J connectivity index is 1.43. The molecule has 2 aromatic heterocycles. The molecule has 0 unspecified atom stereocenters. The summed E-state index contributed by atoms with van der Waals surface area (Å²) in [5, 5.41) is 15.2. The zero-order valence-corrected chi connectivity index (χ0v) is 17.0. The van der Waals surface area contributed by atoms with Crippen LogP contribution in [0.4, 0.5) is 10.1 Å². The average Bonchev–Trinajstić information content (AvgIpc) is 3.35. The van der Waals surface area contributed by atoms with Crippen molar-refractivity contribution in [3.8, 4) is 23.1 Å². The molecule has 152 valence electrons. The normalized spacial score (nSPS) is 10.9. The highest BCUT2D eigenvalue weighted by Crippen LogP contribution is 2.24. The van der Waals surface area contributed by atoms with Gasteiger partial charge in [-0.2, -0.15) is 4.98 Å². The number of aromatic nitrogens is 5. The topological polar surface area (TPSA) is 98.7 Å². The summed E-state index contributed by atoms with van der Waals surface area (Å²) >= 11 is 1.17. The van der Waals surface area contributed by atoms with Crippen LogP contribution in [0.2, 0.25) is 0 Å². The predicted molar refractivity (Wildman–Crippen MR) is 110 cm³/mol. The van der Waals surface area contributed by atoms with Gasteiger partial charge in [0.05, 0.1) is 11.4 Å². The Morgan fingerprint density at radius 2 is 1.93 bits per heavy atom. The van der Waals surface area contributed by atoms with Gasteiger partial charge in [0.1, 0.15) is 5.82 Å². The standard InChI is InChI=1S/C20H17FN6O2S/c1-12-7-9-13(10-8-12)17-23-19(29-26-17)18-24-25-20(27(18)2)30-11-16(28)22-15-6-4-3-5-14(15)21/h3-10H,11H2,1-2H3,(H,22,28). The van der Waals surface area contributed by atoms with Crippen LogP contribution in [0, 0.1) is 12.7 Å². The van der Waals surface area contributed by atoms with Gasteiger partial charge in [0, 0.05) is 12.6 Å². The average molecular weight is 424 g/mol. The van der Waals surface area contributed by atoms with Gasteiger partial charge in [0.15, 0.2) is 5.16 Å². The van der Waals surface area contributed by atoms with E-state index in [4.69, 9.17) is 4.52 Å². The maximum absolute atomic E-state index is 13.6. The van der Waals surface area contributed by atoms with Crippen LogP contribution in [-0.2, 0) is 11.8 Å². The van der Waals surface area contributed by atoms with Crippen LogP contribution in [0.3, 0.4) is 0 Å². The lowest BCUT2D eigenvalue weighted by Crippen LogP contribution is -2.15. The number of thioether (sulfide) groups is 1. The third kappa shape index (κ3) is 4.23. The molecule has 1 N–H and O–H groups in total. The number of anilines is 1. The lowest BCUT2D eigenvalue weighted by Gasteiger charge is -2.05. The van der Waals surface area contributed by atoms with E-state index in [1.165, 1.54) is 23.9 Å². The fraction of sp³-hybridized carbons (Fsp3) is 0.150. The number of carbonyl (C=O) groups is 1. The maximum Gasteiger partial charge on any atom is 0.296 e. The number of nitrogens with zero attached hydrogens (tertiary/aromatic N) is 5. The van der Waals surface area contributed by atoms with Crippen LogP contribution in [0.5, 0.6) is 0 Å². The van der Waals surface area contributed by atoms with Crippen LogP contribution in [-0.4, -0.2) is 36.6 Å². The first-order chi connectivity index (χ1) is 14.5. The summed E-state index contributed by atoms with van der Waals surface area (Å²) in [6.07, 6.45) is 0. The SMILES string of the molecule is Cc1ccc(-c2noc(-c3nnc(SCC(=O)Nc4ccccc4F)n3C)n2)cc1. The number of halogens is 1. The van der Waals surface area contributed by atoms with E-state index in [0.29, 0.717) is 16.8 Å². The van der Waals surface area contributed by atoms with E-state index in [0.717, 1.165) is 11.1 Å². The Hall–Kier alpha value is -3.53. The molecule has 0 bridgehead atoms. The van der Waals surface area contributed by atoms with Gasteiger partial charge in [-0.3, -0.25) is 4.79 Å². The van der Waals surface area contributed by atoms with Crippen LogP contribution >= 0.6 is 11.8 Å². The van der Waals surface area contributed by atoms with E-state index in [2.05, 4.69) is 25.7 Å². The molecule has 4 rings (SSSR count). The number of nitrogens with one attached hydrogen (secondary N) is 1. The Morgan fingerprint density at radius 1 is 1.17 bits per heavy atom. The summed E-state index contributed by atoms with van der Waals surface area (Å²) < 4.78 is 20.6. The lowest BCUT2D eigenvalue weighted by atomic mass is 10.1. The van der Waals surface area contributed by atoms with Crippen molar-refractivity contribution < 1.29 is 13.7 Å². The zero-order valence-electron chi connectivity index (χ0n) is 16.2. The second-order valence-corrected chi connectivity index (χ2v) is 7.41. The number of aryl methyl sites for hydroxylation is 1. The smallest absolute Gasteiger partial charge is 0.296 e. The molecule has 0 aliphatic heterocycles. The van der Waals surface area contributed by atoms with Crippen LogP contribution in [0.25, 0.3) is 23.1 Å². The van der Waals surface area contributed by atoms with Crippen LogP contribution in [0.1, 0.15) is 5.56 Å². The Kier molecular flexibility index (Phi) is 5.57. The lowest BCUT2D eigenvalue weighted by molar-refractivity contribution is -0.113. The van der Waals surface area contributed by atoms with Gasteiger partial charge < -0.3 is 14.4 Å². The number of amides is 1. The number of hydrogen-bond donors (Lipinski definition) is 1. The van der Waals surface area contributed by atoms with Gasteiger partial charge in [-0.1, -0.05) is 58.9 Å². The third-order valence-electron chi connectivity index (χ3n) is 4.24. The summed E-state index contributed by atoms with van der Waals surface area (Å²) in [5.74, 6) is 0.262. The maximum atomic E-state index is 13.6. The molecular weight excluding hydrogens is 407 g/mol. The van der Waals surface area contributed by atoms with Gasteiger partial charge in [0.2, 0.25) is 17.6 Å². The fourth-order valence-electron chi connectivity index (χ4n) is 2.64. The van der Waals surface area contributed by atoms with Crippen molar-refractivity contribution in [1.29, 1.82) is 0 Å². The summed E-state index contributed by atoms with van der Waals surface area (Å²) in [6, 6.07) is 13.8. The van der Waals surface area contributed by atoms with Gasteiger partial charge in [0.25, 0.3) is 5.89 Å². The van der Waals surface area contributed by atoms with Crippen molar-refractivity contribution in [2.45, 2.75) is 12.1 Å². The quantitative estimate of drug-likeness (QED) is 0.471. The van der Waals surface area contributed by atoms with Gasteiger partial charge in [-0.15, -0.1) is 10.2 Å². The highest BCUT2D eigenvalue weighted by atomic mass is 32.2. The highest BCUT2D eigenvalue weighted by molar-refractivity contribution is 7.99. The molecule has 0 aliphatic rings. The minimum absolute atomic E-state index is 0.0404. The number of para-hydroxylation sites is 1. The van der Waals surface area contributed by atoms with Crippen LogP contribution in [0.15, 0.2) is 58.2 Å². The van der Waals surface area contributed by atoms with Crippen molar-refractivity contribution in [2.24, 2.45) is 7.05 Å². The largest absolute Gasteiger partial charge is 0.330 e. The Labute approximate surface area is 175 Å². The molecule has 0 spiro atoms. The van der Waals surface area contributed by atoms with Gasteiger partial charge in [-0.05, 0) is 19.1 Å². The second-order valence-electron chi connectivity index (χ2n) is 6.47. The molecule has 0 fully saturated rings. The fourth-order valence-corrected chi connectivity index (χ4v) is 3.35. The number of hydrogen-bond acceptors (Lipinski definition) is 7. The molecule has 0 saturated carbocycles. The minimum atomic E-state index is -0.488. The summed E-state index contributed by atoms with van der Waals surface area (Å²) in [7, 11) is 1.74. The van der Waals surface area contributed by atoms with Crippen molar-refractivity contribution in [3.63, 3.8) is 0 Å². The summed E-state index contributed by atoms with van der Waals surface area (Å²) in [4.78, 5) is 16.5. The van der Waals surface area contributed by atoms with E-state index in [-0.39, 0.29) is 23.2 Å². The monoisotopic (exact) mass is 424 g/mol. The predicted octanol–water partition coefficient (Wildman–Crippen LogP) is 3.71. The molecule has 2 heterocycles. The molecular formula is C20H17FN6O2S. The third-order valence-corrected chi connectivity index (χ3v) is 5.26. The summed E-state index contributed by atoms with van der Waals surface area (Å²) in [5.41, 5.74) is 2.10. The van der Waals surface area contributed by atoms with E-state index >= 15 is 0 Å². The van der Waals surface area contributed by atoms with E-state index < -0.39 is 5.82 Å². The highest BCUT2D eigenvalue weighted by Gasteiger charge is 2.19. The molecule has 8 nitrogen and oxygen atoms in total. The molecule has 30 heavy (non-hydrogen) atoms. The van der Waals surface area contributed by atoms with Crippen molar-refractivity contribution >= 4 is 23.4 Å². The second kappa shape index (κ2) is 8.46. The van der Waals surface area contributed by atoms with E-state index in [1.807, 2.05) is 31.2 Å². The molecule has 2 aromatic carbocycles. The van der Waals surface area contributed by atoms with E-state index in [9.17, 15) is 9.18 Å². The van der Waals surface area contributed by atoms with Crippen molar-refractivity contribution in [2.75, 3.05) is 11.1 Å². The Bertz CT molecular complexity index is 1190. The molecule has 0 saturated heterocycles. The minimum Gasteiger partial charge on any atom is -0.330 e. The van der Waals surface area contributed by atoms with Crippen molar-refractivity contribution in [1.82, 2.24) is 24.9 Å². The first-order valence-electron chi connectivity index (χ1n) is 8.99. The molecule has 0 atom stereocenters. The van der Waals surface area contributed by atoms with Crippen molar-refractivity contribution in [3.05, 3.63) is 59.9 Å². The zero-order chi connectivity index (χ0) is 21.1. The summed E-state index contributed by atoms with van der Waals surface area (Å²) in [6.45, 7) is 2.00. The van der Waals surface area contributed by atoms with Gasteiger partial charge >= 0.3 is 0 Å². The molecule has 0 radical (unpaired) electrons. The molecule has 0 aliphatic carbocycles.